The van der Waals surface area contributed by atoms with Gasteiger partial charge in [-0.1, -0.05) is 35.7 Å². The molecule has 1 aromatic rings. The Bertz CT molecular complexity index is 496. The van der Waals surface area contributed by atoms with Gasteiger partial charge in [-0.15, -0.1) is 0 Å². The van der Waals surface area contributed by atoms with E-state index < -0.39 is 6.10 Å². The van der Waals surface area contributed by atoms with E-state index in [1.54, 1.807) is 18.2 Å². The fourth-order valence-electron chi connectivity index (χ4n) is 2.52. The molecule has 20 heavy (non-hydrogen) atoms. The average Bonchev–Trinajstić information content (AvgIpc) is 2.82. The molecule has 4 nitrogen and oxygen atoms in total. The van der Waals surface area contributed by atoms with Crippen molar-refractivity contribution in [1.82, 2.24) is 5.32 Å². The minimum Gasteiger partial charge on any atom is -0.387 e. The molecule has 4 N–H and O–H groups in total. The third-order valence-corrected chi connectivity index (χ3v) is 4.26. The van der Waals surface area contributed by atoms with Crippen molar-refractivity contribution in [3.63, 3.8) is 0 Å². The summed E-state index contributed by atoms with van der Waals surface area (Å²) in [6.45, 7) is 0.114. The van der Waals surface area contributed by atoms with E-state index in [0.717, 1.165) is 19.3 Å². The van der Waals surface area contributed by atoms with E-state index in [1.165, 1.54) is 0 Å². The minimum absolute atomic E-state index is 0.0775. The van der Waals surface area contributed by atoms with Crippen LogP contribution in [0.1, 0.15) is 30.9 Å². The SMILES string of the molecule is N[C@@H]1CCC[C@H]1C(=O)NC[C@H](O)c1ccc(Cl)cc1Cl. The van der Waals surface area contributed by atoms with Gasteiger partial charge in [-0.05, 0) is 25.0 Å². The zero-order valence-corrected chi connectivity index (χ0v) is 12.5. The predicted molar refractivity (Wildman–Crippen MR) is 79.7 cm³/mol. The van der Waals surface area contributed by atoms with Gasteiger partial charge in [0, 0.05) is 28.2 Å². The molecule has 0 radical (unpaired) electrons. The summed E-state index contributed by atoms with van der Waals surface area (Å²) < 4.78 is 0. The number of halogens is 2. The van der Waals surface area contributed by atoms with E-state index in [1.807, 2.05) is 0 Å². The van der Waals surface area contributed by atoms with Crippen LogP contribution in [0.4, 0.5) is 0 Å². The van der Waals surface area contributed by atoms with Gasteiger partial charge in [0.15, 0.2) is 0 Å². The molecular weight excluding hydrogens is 299 g/mol. The number of aliphatic hydroxyl groups is 1. The molecule has 6 heteroatoms. The van der Waals surface area contributed by atoms with Crippen molar-refractivity contribution < 1.29 is 9.90 Å². The van der Waals surface area contributed by atoms with Crippen LogP contribution >= 0.6 is 23.2 Å². The van der Waals surface area contributed by atoms with E-state index in [2.05, 4.69) is 5.32 Å². The molecule has 0 aliphatic heterocycles. The first kappa shape index (κ1) is 15.6. The Balaban J connectivity index is 1.91. The van der Waals surface area contributed by atoms with Crippen LogP contribution < -0.4 is 11.1 Å². The van der Waals surface area contributed by atoms with Gasteiger partial charge in [0.1, 0.15) is 0 Å². The summed E-state index contributed by atoms with van der Waals surface area (Å²) in [7, 11) is 0. The summed E-state index contributed by atoms with van der Waals surface area (Å²) in [5.41, 5.74) is 6.43. The number of rotatable bonds is 4. The summed E-state index contributed by atoms with van der Waals surface area (Å²) in [6.07, 6.45) is 1.81. The van der Waals surface area contributed by atoms with Gasteiger partial charge >= 0.3 is 0 Å². The summed E-state index contributed by atoms with van der Waals surface area (Å²) >= 11 is 11.8. The van der Waals surface area contributed by atoms with Crippen molar-refractivity contribution in [2.24, 2.45) is 11.7 Å². The summed E-state index contributed by atoms with van der Waals surface area (Å²) in [5.74, 6) is -0.248. The molecule has 2 rings (SSSR count). The second kappa shape index (κ2) is 6.76. The molecule has 1 amide bonds. The molecule has 1 saturated carbocycles. The summed E-state index contributed by atoms with van der Waals surface area (Å²) in [4.78, 5) is 12.0. The highest BCUT2D eigenvalue weighted by Gasteiger charge is 2.30. The molecule has 0 saturated heterocycles. The van der Waals surface area contributed by atoms with Gasteiger partial charge in [0.05, 0.1) is 12.0 Å². The molecule has 1 aliphatic carbocycles. The number of amides is 1. The second-order valence-corrected chi connectivity index (χ2v) is 5.97. The van der Waals surface area contributed by atoms with Gasteiger partial charge in [0.2, 0.25) is 5.91 Å². The van der Waals surface area contributed by atoms with Crippen LogP contribution in [-0.2, 0) is 4.79 Å². The number of nitrogens with one attached hydrogen (secondary N) is 1. The Morgan fingerprint density at radius 2 is 2.20 bits per heavy atom. The lowest BCUT2D eigenvalue weighted by molar-refractivity contribution is -0.125. The molecule has 1 aromatic carbocycles. The lowest BCUT2D eigenvalue weighted by Crippen LogP contribution is -2.40. The molecule has 110 valence electrons. The largest absolute Gasteiger partial charge is 0.387 e. The molecule has 1 fully saturated rings. The standard InChI is InChI=1S/C14H18Cl2N2O2/c15-8-4-5-9(11(16)6-8)13(19)7-18-14(20)10-2-1-3-12(10)17/h4-6,10,12-13,19H,1-3,7,17H2,(H,18,20)/t10-,12-,13+/m1/s1. The number of benzene rings is 1. The third-order valence-electron chi connectivity index (χ3n) is 3.70. The van der Waals surface area contributed by atoms with E-state index in [9.17, 15) is 9.90 Å². The van der Waals surface area contributed by atoms with E-state index >= 15 is 0 Å². The van der Waals surface area contributed by atoms with Crippen molar-refractivity contribution in [3.8, 4) is 0 Å². The molecule has 0 aromatic heterocycles. The Kier molecular flexibility index (Phi) is 5.27. The maximum atomic E-state index is 12.0. The first-order valence-electron chi connectivity index (χ1n) is 6.65. The number of hydrogen-bond donors (Lipinski definition) is 3. The van der Waals surface area contributed by atoms with Crippen LogP contribution in [0.5, 0.6) is 0 Å². The fraction of sp³-hybridized carbons (Fsp3) is 0.500. The van der Waals surface area contributed by atoms with E-state index in [0.29, 0.717) is 15.6 Å². The van der Waals surface area contributed by atoms with Crippen molar-refractivity contribution in [2.45, 2.75) is 31.4 Å². The Morgan fingerprint density at radius 3 is 2.80 bits per heavy atom. The van der Waals surface area contributed by atoms with Crippen LogP contribution in [0.25, 0.3) is 0 Å². The Hall–Kier alpha value is -0.810. The first-order valence-corrected chi connectivity index (χ1v) is 7.41. The van der Waals surface area contributed by atoms with Crippen LogP contribution in [0.2, 0.25) is 10.0 Å². The highest BCUT2D eigenvalue weighted by Crippen LogP contribution is 2.27. The maximum Gasteiger partial charge on any atom is 0.224 e. The van der Waals surface area contributed by atoms with Gasteiger partial charge in [-0.3, -0.25) is 4.79 Å². The second-order valence-electron chi connectivity index (χ2n) is 5.13. The van der Waals surface area contributed by atoms with Crippen molar-refractivity contribution in [2.75, 3.05) is 6.54 Å². The fourth-order valence-corrected chi connectivity index (χ4v) is 3.06. The van der Waals surface area contributed by atoms with Crippen molar-refractivity contribution >= 4 is 29.1 Å². The van der Waals surface area contributed by atoms with Crippen LogP contribution in [0.15, 0.2) is 18.2 Å². The maximum absolute atomic E-state index is 12.0. The zero-order valence-electron chi connectivity index (χ0n) is 11.0. The molecule has 0 heterocycles. The van der Waals surface area contributed by atoms with Crippen LogP contribution in [0, 0.1) is 5.92 Å². The van der Waals surface area contributed by atoms with Crippen molar-refractivity contribution in [1.29, 1.82) is 0 Å². The smallest absolute Gasteiger partial charge is 0.224 e. The van der Waals surface area contributed by atoms with Gasteiger partial charge in [-0.2, -0.15) is 0 Å². The number of hydrogen-bond acceptors (Lipinski definition) is 3. The summed E-state index contributed by atoms with van der Waals surface area (Å²) in [6, 6.07) is 4.80. The third kappa shape index (κ3) is 3.64. The number of carbonyl (C=O) groups is 1. The molecule has 3 atom stereocenters. The molecule has 0 spiro atoms. The monoisotopic (exact) mass is 316 g/mol. The topological polar surface area (TPSA) is 75.4 Å². The lowest BCUT2D eigenvalue weighted by atomic mass is 10.0. The van der Waals surface area contributed by atoms with E-state index in [-0.39, 0.29) is 24.4 Å². The first-order chi connectivity index (χ1) is 9.49. The zero-order chi connectivity index (χ0) is 14.7. The average molecular weight is 317 g/mol. The Morgan fingerprint density at radius 1 is 1.45 bits per heavy atom. The van der Waals surface area contributed by atoms with Gasteiger partial charge < -0.3 is 16.2 Å². The molecule has 1 aliphatic rings. The number of carbonyl (C=O) groups excluding carboxylic acids is 1. The highest BCUT2D eigenvalue weighted by molar-refractivity contribution is 6.35. The normalized spacial score (nSPS) is 23.6. The predicted octanol–water partition coefficient (Wildman–Crippen LogP) is 2.27. The number of nitrogens with two attached hydrogens (primary N) is 1. The van der Waals surface area contributed by atoms with Gasteiger partial charge in [0.25, 0.3) is 0 Å². The molecular formula is C14H18Cl2N2O2. The Labute approximate surface area is 128 Å². The van der Waals surface area contributed by atoms with Gasteiger partial charge in [-0.25, -0.2) is 0 Å². The van der Waals surface area contributed by atoms with Crippen LogP contribution in [-0.4, -0.2) is 23.6 Å². The van der Waals surface area contributed by atoms with Crippen LogP contribution in [0.3, 0.4) is 0 Å². The highest BCUT2D eigenvalue weighted by atomic mass is 35.5. The van der Waals surface area contributed by atoms with Crippen molar-refractivity contribution in [3.05, 3.63) is 33.8 Å². The number of aliphatic hydroxyl groups excluding tert-OH is 1. The van der Waals surface area contributed by atoms with E-state index in [4.69, 9.17) is 28.9 Å². The molecule has 0 bridgehead atoms. The quantitative estimate of drug-likeness (QED) is 0.797. The summed E-state index contributed by atoms with van der Waals surface area (Å²) in [5, 5.41) is 13.7. The minimum atomic E-state index is -0.860. The lowest BCUT2D eigenvalue weighted by Gasteiger charge is -2.18. The molecule has 0 unspecified atom stereocenters.